The van der Waals surface area contributed by atoms with Crippen LogP contribution in [-0.4, -0.2) is 36.2 Å². The average molecular weight is 257 g/mol. The summed E-state index contributed by atoms with van der Waals surface area (Å²) < 4.78 is 5.50. The Labute approximate surface area is 108 Å². The molecule has 104 valence electrons. The predicted molar refractivity (Wildman–Crippen MR) is 67.3 cm³/mol. The Balaban J connectivity index is 2.10. The Bertz CT molecular complexity index is 272. The highest BCUT2D eigenvalue weighted by atomic mass is 16.5. The lowest BCUT2D eigenvalue weighted by Gasteiger charge is -2.25. The molecule has 1 saturated carbocycles. The lowest BCUT2D eigenvalue weighted by Crippen LogP contribution is -2.32. The number of ether oxygens (including phenoxy) is 1. The minimum Gasteiger partial charge on any atom is -0.481 e. The SMILES string of the molecule is CCCCNC(=O)COC1CCC(C(=O)O)CC1. The molecule has 0 aromatic carbocycles. The van der Waals surface area contributed by atoms with E-state index >= 15 is 0 Å². The number of hydrogen-bond acceptors (Lipinski definition) is 3. The largest absolute Gasteiger partial charge is 0.481 e. The smallest absolute Gasteiger partial charge is 0.306 e. The van der Waals surface area contributed by atoms with E-state index in [0.717, 1.165) is 25.7 Å². The van der Waals surface area contributed by atoms with Crippen LogP contribution in [0.3, 0.4) is 0 Å². The molecule has 0 aromatic rings. The molecule has 0 heterocycles. The summed E-state index contributed by atoms with van der Waals surface area (Å²) in [6.07, 6.45) is 4.85. The minimum absolute atomic E-state index is 0.0394. The van der Waals surface area contributed by atoms with E-state index in [9.17, 15) is 9.59 Å². The van der Waals surface area contributed by atoms with Gasteiger partial charge in [-0.15, -0.1) is 0 Å². The molecule has 5 heteroatoms. The van der Waals surface area contributed by atoms with Crippen molar-refractivity contribution in [1.82, 2.24) is 5.32 Å². The van der Waals surface area contributed by atoms with Gasteiger partial charge in [0.2, 0.25) is 5.91 Å². The molecular weight excluding hydrogens is 234 g/mol. The van der Waals surface area contributed by atoms with Crippen LogP contribution in [0.15, 0.2) is 0 Å². The van der Waals surface area contributed by atoms with Crippen molar-refractivity contribution in [2.45, 2.75) is 51.6 Å². The Morgan fingerprint density at radius 1 is 1.28 bits per heavy atom. The Morgan fingerprint density at radius 3 is 2.50 bits per heavy atom. The zero-order chi connectivity index (χ0) is 13.4. The summed E-state index contributed by atoms with van der Waals surface area (Å²) in [5.41, 5.74) is 0. The summed E-state index contributed by atoms with van der Waals surface area (Å²) in [5, 5.41) is 11.7. The fourth-order valence-electron chi connectivity index (χ4n) is 2.13. The minimum atomic E-state index is -0.717. The van der Waals surface area contributed by atoms with E-state index in [1.54, 1.807) is 0 Å². The number of unbranched alkanes of at least 4 members (excludes halogenated alkanes) is 1. The molecule has 0 bridgehead atoms. The highest BCUT2D eigenvalue weighted by molar-refractivity contribution is 5.77. The summed E-state index contributed by atoms with van der Waals surface area (Å²) in [6, 6.07) is 0. The first-order valence-electron chi connectivity index (χ1n) is 6.74. The molecule has 0 saturated heterocycles. The second-order valence-electron chi connectivity index (χ2n) is 4.83. The van der Waals surface area contributed by atoms with Gasteiger partial charge in [0.05, 0.1) is 12.0 Å². The predicted octanol–water partition coefficient (Wildman–Crippen LogP) is 1.56. The van der Waals surface area contributed by atoms with Crippen molar-refractivity contribution in [3.05, 3.63) is 0 Å². The second kappa shape index (κ2) is 8.08. The third kappa shape index (κ3) is 5.49. The summed E-state index contributed by atoms with van der Waals surface area (Å²) in [7, 11) is 0. The van der Waals surface area contributed by atoms with Crippen LogP contribution in [0.5, 0.6) is 0 Å². The molecule has 18 heavy (non-hydrogen) atoms. The van der Waals surface area contributed by atoms with E-state index in [4.69, 9.17) is 9.84 Å². The van der Waals surface area contributed by atoms with Crippen molar-refractivity contribution in [1.29, 1.82) is 0 Å². The number of hydrogen-bond donors (Lipinski definition) is 2. The molecule has 1 aliphatic carbocycles. The number of carbonyl (C=O) groups is 2. The molecular formula is C13H23NO4. The molecule has 0 atom stereocenters. The van der Waals surface area contributed by atoms with Crippen LogP contribution in [0.25, 0.3) is 0 Å². The van der Waals surface area contributed by atoms with Crippen LogP contribution in [0.1, 0.15) is 45.4 Å². The number of rotatable bonds is 7. The normalized spacial score (nSPS) is 23.6. The average Bonchev–Trinajstić information content (AvgIpc) is 2.37. The van der Waals surface area contributed by atoms with Crippen LogP contribution in [-0.2, 0) is 14.3 Å². The summed E-state index contributed by atoms with van der Waals surface area (Å²) >= 11 is 0. The first-order valence-corrected chi connectivity index (χ1v) is 6.74. The first kappa shape index (κ1) is 15.0. The molecule has 1 fully saturated rings. The van der Waals surface area contributed by atoms with Gasteiger partial charge in [-0.2, -0.15) is 0 Å². The summed E-state index contributed by atoms with van der Waals surface area (Å²) in [6.45, 7) is 2.86. The van der Waals surface area contributed by atoms with Crippen LogP contribution < -0.4 is 5.32 Å². The molecule has 0 aliphatic heterocycles. The van der Waals surface area contributed by atoms with Crippen molar-refractivity contribution in [3.8, 4) is 0 Å². The van der Waals surface area contributed by atoms with Crippen LogP contribution in [0.4, 0.5) is 0 Å². The van der Waals surface area contributed by atoms with E-state index in [-0.39, 0.29) is 24.5 Å². The molecule has 0 spiro atoms. The number of aliphatic carboxylic acids is 1. The topological polar surface area (TPSA) is 75.6 Å². The van der Waals surface area contributed by atoms with Crippen LogP contribution in [0, 0.1) is 5.92 Å². The van der Waals surface area contributed by atoms with Crippen molar-refractivity contribution in [2.75, 3.05) is 13.2 Å². The highest BCUT2D eigenvalue weighted by Crippen LogP contribution is 2.26. The van der Waals surface area contributed by atoms with E-state index in [1.165, 1.54) is 0 Å². The Hall–Kier alpha value is -1.10. The van der Waals surface area contributed by atoms with E-state index < -0.39 is 5.97 Å². The van der Waals surface area contributed by atoms with Crippen molar-refractivity contribution in [3.63, 3.8) is 0 Å². The molecule has 1 rings (SSSR count). The summed E-state index contributed by atoms with van der Waals surface area (Å²) in [5.74, 6) is -1.03. The van der Waals surface area contributed by atoms with Gasteiger partial charge in [0, 0.05) is 6.54 Å². The van der Waals surface area contributed by atoms with Gasteiger partial charge in [-0.25, -0.2) is 0 Å². The van der Waals surface area contributed by atoms with Crippen molar-refractivity contribution in [2.24, 2.45) is 5.92 Å². The quantitative estimate of drug-likeness (QED) is 0.679. The van der Waals surface area contributed by atoms with Crippen molar-refractivity contribution >= 4 is 11.9 Å². The van der Waals surface area contributed by atoms with Gasteiger partial charge in [0.25, 0.3) is 0 Å². The molecule has 5 nitrogen and oxygen atoms in total. The van der Waals surface area contributed by atoms with Gasteiger partial charge in [-0.1, -0.05) is 13.3 Å². The number of amides is 1. The lowest BCUT2D eigenvalue weighted by molar-refractivity contribution is -0.144. The van der Waals surface area contributed by atoms with Gasteiger partial charge >= 0.3 is 5.97 Å². The zero-order valence-electron chi connectivity index (χ0n) is 11.0. The molecule has 0 unspecified atom stereocenters. The number of carboxylic acid groups (broad SMARTS) is 1. The molecule has 0 aromatic heterocycles. The number of nitrogens with one attached hydrogen (secondary N) is 1. The summed E-state index contributed by atoms with van der Waals surface area (Å²) in [4.78, 5) is 22.2. The van der Waals surface area contributed by atoms with Gasteiger partial charge < -0.3 is 15.2 Å². The molecule has 1 aliphatic rings. The monoisotopic (exact) mass is 257 g/mol. The third-order valence-corrected chi connectivity index (χ3v) is 3.33. The standard InChI is InChI=1S/C13H23NO4/c1-2-3-8-14-12(15)9-18-11-6-4-10(5-7-11)13(16)17/h10-11H,2-9H2,1H3,(H,14,15)(H,16,17). The molecule has 2 N–H and O–H groups in total. The highest BCUT2D eigenvalue weighted by Gasteiger charge is 2.26. The van der Waals surface area contributed by atoms with E-state index in [0.29, 0.717) is 19.4 Å². The third-order valence-electron chi connectivity index (χ3n) is 3.33. The van der Waals surface area contributed by atoms with Gasteiger partial charge in [0.15, 0.2) is 0 Å². The molecule has 0 radical (unpaired) electrons. The number of carboxylic acids is 1. The van der Waals surface area contributed by atoms with Crippen molar-refractivity contribution < 1.29 is 19.4 Å². The van der Waals surface area contributed by atoms with Gasteiger partial charge in [-0.3, -0.25) is 9.59 Å². The molecule has 1 amide bonds. The maximum Gasteiger partial charge on any atom is 0.306 e. The maximum atomic E-state index is 11.4. The second-order valence-corrected chi connectivity index (χ2v) is 4.83. The fourth-order valence-corrected chi connectivity index (χ4v) is 2.13. The fraction of sp³-hybridized carbons (Fsp3) is 0.846. The van der Waals surface area contributed by atoms with Gasteiger partial charge in [0.1, 0.15) is 6.61 Å². The van der Waals surface area contributed by atoms with E-state index in [1.807, 2.05) is 0 Å². The van der Waals surface area contributed by atoms with Gasteiger partial charge in [-0.05, 0) is 32.1 Å². The van der Waals surface area contributed by atoms with Crippen LogP contribution in [0.2, 0.25) is 0 Å². The maximum absolute atomic E-state index is 11.4. The Morgan fingerprint density at radius 2 is 1.94 bits per heavy atom. The Kier molecular flexibility index (Phi) is 6.72. The van der Waals surface area contributed by atoms with E-state index in [2.05, 4.69) is 12.2 Å². The van der Waals surface area contributed by atoms with Crippen LogP contribution >= 0.6 is 0 Å². The zero-order valence-corrected chi connectivity index (χ0v) is 11.0. The first-order chi connectivity index (χ1) is 8.63. The lowest BCUT2D eigenvalue weighted by atomic mass is 9.87. The number of carbonyl (C=O) groups excluding carboxylic acids is 1.